The number of halogens is 1. The van der Waals surface area contributed by atoms with Crippen molar-refractivity contribution in [1.29, 1.82) is 0 Å². The van der Waals surface area contributed by atoms with Gasteiger partial charge >= 0.3 is 5.63 Å². The zero-order valence-electron chi connectivity index (χ0n) is 18.2. The van der Waals surface area contributed by atoms with Crippen LogP contribution in [0.25, 0.3) is 22.1 Å². The van der Waals surface area contributed by atoms with Gasteiger partial charge in [0.15, 0.2) is 10.8 Å². The molecule has 0 radical (unpaired) electrons. The van der Waals surface area contributed by atoms with E-state index in [-0.39, 0.29) is 11.9 Å². The molecule has 0 saturated heterocycles. The van der Waals surface area contributed by atoms with Crippen molar-refractivity contribution in [2.24, 2.45) is 0 Å². The van der Waals surface area contributed by atoms with Crippen molar-refractivity contribution in [2.75, 3.05) is 6.54 Å². The van der Waals surface area contributed by atoms with Gasteiger partial charge in [0.25, 0.3) is 5.91 Å². The van der Waals surface area contributed by atoms with Gasteiger partial charge in [0, 0.05) is 30.3 Å². The number of fused-ring (bicyclic) bond motifs is 1. The third-order valence-electron chi connectivity index (χ3n) is 5.67. The molecule has 0 bridgehead atoms. The van der Waals surface area contributed by atoms with Gasteiger partial charge in [-0.1, -0.05) is 0 Å². The van der Waals surface area contributed by atoms with Crippen LogP contribution in [-0.2, 0) is 6.54 Å². The van der Waals surface area contributed by atoms with Gasteiger partial charge in [0.05, 0.1) is 17.4 Å². The summed E-state index contributed by atoms with van der Waals surface area (Å²) in [5.74, 6) is 1.18. The van der Waals surface area contributed by atoms with Crippen LogP contribution in [0.2, 0.25) is 0 Å². The standard InChI is InChI=1S/C23H20FN5O3S/c1-12-10-16(11-18(30)32-12)19-20-13(2)28(23(31)15-4-6-17(24)7-5-15)8-9-29(20)21(26-19)22-25-14(3)27-33-22/h4-7,10-11,13H,8-9H2,1-3H3/t13-/m1/s1. The fourth-order valence-corrected chi connectivity index (χ4v) is 4.88. The number of aromatic nitrogens is 4. The number of nitrogens with zero attached hydrogens (tertiary/aromatic N) is 5. The number of carbonyl (C=O) groups is 1. The van der Waals surface area contributed by atoms with Crippen LogP contribution in [0, 0.1) is 19.7 Å². The summed E-state index contributed by atoms with van der Waals surface area (Å²) < 4.78 is 24.8. The van der Waals surface area contributed by atoms with E-state index in [1.807, 2.05) is 18.4 Å². The fraction of sp³-hybridized carbons (Fsp3) is 0.261. The van der Waals surface area contributed by atoms with E-state index >= 15 is 0 Å². The summed E-state index contributed by atoms with van der Waals surface area (Å²) >= 11 is 1.26. The van der Waals surface area contributed by atoms with Crippen molar-refractivity contribution in [1.82, 2.24) is 23.8 Å². The molecule has 0 saturated carbocycles. The lowest BCUT2D eigenvalue weighted by molar-refractivity contribution is 0.0645. The van der Waals surface area contributed by atoms with Crippen LogP contribution in [0.15, 0.2) is 45.6 Å². The average molecular weight is 466 g/mol. The maximum absolute atomic E-state index is 13.4. The highest BCUT2D eigenvalue weighted by Gasteiger charge is 2.35. The molecule has 0 spiro atoms. The molecule has 1 amide bonds. The van der Waals surface area contributed by atoms with Crippen molar-refractivity contribution in [3.63, 3.8) is 0 Å². The Hall–Kier alpha value is -3.66. The molecule has 1 atom stereocenters. The number of amides is 1. The van der Waals surface area contributed by atoms with Crippen molar-refractivity contribution in [3.05, 3.63) is 75.5 Å². The molecule has 4 aromatic rings. The summed E-state index contributed by atoms with van der Waals surface area (Å²) in [6.45, 7) is 6.38. The number of hydrogen-bond donors (Lipinski definition) is 0. The first-order valence-corrected chi connectivity index (χ1v) is 11.2. The predicted molar refractivity (Wildman–Crippen MR) is 120 cm³/mol. The summed E-state index contributed by atoms with van der Waals surface area (Å²) in [7, 11) is 0. The SMILES string of the molecule is Cc1nsc(-c2nc(-c3cc(C)oc(=O)c3)c3n2CCN(C(=O)c2ccc(F)cc2)[C@@H]3C)n1. The molecule has 0 aliphatic carbocycles. The summed E-state index contributed by atoms with van der Waals surface area (Å²) in [6.07, 6.45) is 0. The minimum absolute atomic E-state index is 0.196. The van der Waals surface area contributed by atoms with E-state index in [1.54, 1.807) is 17.9 Å². The van der Waals surface area contributed by atoms with Gasteiger partial charge in [0.2, 0.25) is 0 Å². The molecule has 0 fully saturated rings. The number of aryl methyl sites for hydroxylation is 2. The maximum Gasteiger partial charge on any atom is 0.336 e. The molecule has 5 rings (SSSR count). The second kappa shape index (κ2) is 8.04. The summed E-state index contributed by atoms with van der Waals surface area (Å²) in [6, 6.07) is 8.33. The molecule has 0 N–H and O–H groups in total. The molecule has 1 aliphatic rings. The van der Waals surface area contributed by atoms with Crippen molar-refractivity contribution in [2.45, 2.75) is 33.4 Å². The van der Waals surface area contributed by atoms with E-state index in [2.05, 4.69) is 9.36 Å². The minimum Gasteiger partial charge on any atom is -0.428 e. The summed E-state index contributed by atoms with van der Waals surface area (Å²) in [5.41, 5.74) is 1.95. The zero-order valence-corrected chi connectivity index (χ0v) is 19.0. The van der Waals surface area contributed by atoms with E-state index in [4.69, 9.17) is 9.40 Å². The normalized spacial score (nSPS) is 15.5. The van der Waals surface area contributed by atoms with Gasteiger partial charge < -0.3 is 13.9 Å². The van der Waals surface area contributed by atoms with E-state index in [0.717, 1.165) is 5.69 Å². The Bertz CT molecular complexity index is 1420. The highest BCUT2D eigenvalue weighted by atomic mass is 32.1. The van der Waals surface area contributed by atoms with E-state index in [0.29, 0.717) is 52.3 Å². The molecule has 168 valence electrons. The highest BCUT2D eigenvalue weighted by molar-refractivity contribution is 7.09. The molecule has 4 heterocycles. The van der Waals surface area contributed by atoms with Crippen LogP contribution < -0.4 is 5.63 Å². The van der Waals surface area contributed by atoms with Gasteiger partial charge in [-0.2, -0.15) is 4.37 Å². The first-order valence-electron chi connectivity index (χ1n) is 10.4. The van der Waals surface area contributed by atoms with Crippen LogP contribution in [-0.4, -0.2) is 36.3 Å². The zero-order chi connectivity index (χ0) is 23.3. The molecular weight excluding hydrogens is 445 g/mol. The molecule has 10 heteroatoms. The van der Waals surface area contributed by atoms with E-state index < -0.39 is 11.4 Å². The van der Waals surface area contributed by atoms with Crippen LogP contribution in [0.5, 0.6) is 0 Å². The first-order chi connectivity index (χ1) is 15.8. The smallest absolute Gasteiger partial charge is 0.336 e. The second-order valence-electron chi connectivity index (χ2n) is 7.92. The Morgan fingerprint density at radius 1 is 1.15 bits per heavy atom. The number of imidazole rings is 1. The molecule has 1 aromatic carbocycles. The van der Waals surface area contributed by atoms with Crippen molar-refractivity contribution in [3.8, 4) is 22.1 Å². The van der Waals surface area contributed by atoms with Gasteiger partial charge in [-0.05, 0) is 62.6 Å². The molecule has 1 aliphatic heterocycles. The van der Waals surface area contributed by atoms with Gasteiger partial charge in [-0.25, -0.2) is 19.2 Å². The van der Waals surface area contributed by atoms with E-state index in [9.17, 15) is 14.0 Å². The van der Waals surface area contributed by atoms with Crippen LogP contribution in [0.3, 0.4) is 0 Å². The lowest BCUT2D eigenvalue weighted by atomic mass is 10.0. The van der Waals surface area contributed by atoms with Crippen LogP contribution in [0.4, 0.5) is 4.39 Å². The number of rotatable bonds is 3. The third kappa shape index (κ3) is 3.76. The summed E-state index contributed by atoms with van der Waals surface area (Å²) in [4.78, 5) is 36.4. The predicted octanol–water partition coefficient (Wildman–Crippen LogP) is 3.99. The number of hydrogen-bond acceptors (Lipinski definition) is 7. The van der Waals surface area contributed by atoms with Gasteiger partial charge in [-0.3, -0.25) is 4.79 Å². The van der Waals surface area contributed by atoms with Gasteiger partial charge in [-0.15, -0.1) is 0 Å². The number of carbonyl (C=O) groups excluding carboxylic acids is 1. The number of benzene rings is 1. The lowest BCUT2D eigenvalue weighted by Crippen LogP contribution is -2.41. The largest absolute Gasteiger partial charge is 0.428 e. The molecule has 8 nitrogen and oxygen atoms in total. The van der Waals surface area contributed by atoms with Gasteiger partial charge in [0.1, 0.15) is 17.4 Å². The Morgan fingerprint density at radius 2 is 1.91 bits per heavy atom. The Kier molecular flexibility index (Phi) is 5.16. The molecular formula is C23H20FN5O3S. The Labute approximate surface area is 192 Å². The molecule has 0 unspecified atom stereocenters. The maximum atomic E-state index is 13.4. The topological polar surface area (TPSA) is 94.1 Å². The molecule has 33 heavy (non-hydrogen) atoms. The Morgan fingerprint density at radius 3 is 2.58 bits per heavy atom. The quantitative estimate of drug-likeness (QED) is 0.454. The second-order valence-corrected chi connectivity index (χ2v) is 8.68. The summed E-state index contributed by atoms with van der Waals surface area (Å²) in [5, 5.41) is 0.671. The first kappa shape index (κ1) is 21.2. The van der Waals surface area contributed by atoms with Crippen LogP contribution in [0.1, 0.15) is 40.6 Å². The van der Waals surface area contributed by atoms with E-state index in [1.165, 1.54) is 41.9 Å². The Balaban J connectivity index is 1.65. The third-order valence-corrected chi connectivity index (χ3v) is 6.47. The van der Waals surface area contributed by atoms with Crippen LogP contribution >= 0.6 is 11.5 Å². The minimum atomic E-state index is -0.470. The average Bonchev–Trinajstić information content (AvgIpc) is 3.37. The molecule has 3 aromatic heterocycles. The van der Waals surface area contributed by atoms with Crippen molar-refractivity contribution < 1.29 is 13.6 Å². The fourth-order valence-electron chi connectivity index (χ4n) is 4.21. The van der Waals surface area contributed by atoms with Crippen molar-refractivity contribution >= 4 is 17.4 Å². The highest BCUT2D eigenvalue weighted by Crippen LogP contribution is 2.38. The monoisotopic (exact) mass is 465 g/mol. The lowest BCUT2D eigenvalue weighted by Gasteiger charge is -2.35.